The Morgan fingerprint density at radius 1 is 1.22 bits per heavy atom. The van der Waals surface area contributed by atoms with E-state index in [1.807, 2.05) is 0 Å². The number of carbonyl (C=O) groups is 2. The third-order valence-corrected chi connectivity index (χ3v) is 7.03. The van der Waals surface area contributed by atoms with Crippen LogP contribution in [0.4, 0.5) is 30.7 Å². The first-order valence-electron chi connectivity index (χ1n) is 12.9. The van der Waals surface area contributed by atoms with Crippen molar-refractivity contribution >= 4 is 17.5 Å². The van der Waals surface area contributed by atoms with E-state index >= 15 is 0 Å². The molecular formula is C25H27F7N6O3. The van der Waals surface area contributed by atoms with Gasteiger partial charge in [0.05, 0.1) is 30.0 Å². The van der Waals surface area contributed by atoms with Crippen LogP contribution in [0.5, 0.6) is 0 Å². The van der Waals surface area contributed by atoms with Crippen molar-refractivity contribution in [3.8, 4) is 0 Å². The van der Waals surface area contributed by atoms with Crippen LogP contribution in [-0.2, 0) is 11.2 Å². The Morgan fingerprint density at radius 2 is 1.93 bits per heavy atom. The molecule has 1 saturated carbocycles. The van der Waals surface area contributed by atoms with Gasteiger partial charge < -0.3 is 15.2 Å². The second-order valence-corrected chi connectivity index (χ2v) is 9.96. The summed E-state index contributed by atoms with van der Waals surface area (Å²) in [5, 5.41) is 12.2. The highest BCUT2D eigenvalue weighted by Crippen LogP contribution is 2.41. The third-order valence-electron chi connectivity index (χ3n) is 7.03. The first-order valence-corrected chi connectivity index (χ1v) is 12.9. The molecule has 0 aromatic carbocycles. The number of aromatic nitrogens is 4. The molecule has 3 heterocycles. The van der Waals surface area contributed by atoms with Crippen LogP contribution >= 0.6 is 0 Å². The maximum atomic E-state index is 13.9. The van der Waals surface area contributed by atoms with Gasteiger partial charge in [0, 0.05) is 24.8 Å². The van der Waals surface area contributed by atoms with E-state index in [2.05, 4.69) is 20.6 Å². The molecule has 2 amide bonds. The van der Waals surface area contributed by atoms with E-state index in [-0.39, 0.29) is 35.4 Å². The van der Waals surface area contributed by atoms with Crippen LogP contribution in [0.15, 0.2) is 29.2 Å². The molecular weight excluding hydrogens is 565 g/mol. The first kappa shape index (κ1) is 30.2. The topological polar surface area (TPSA) is 114 Å². The number of nitrogens with zero attached hydrogens (tertiary/aromatic N) is 4. The van der Waals surface area contributed by atoms with Gasteiger partial charge in [-0.15, -0.1) is 0 Å². The zero-order valence-corrected chi connectivity index (χ0v) is 21.7. The lowest BCUT2D eigenvalue weighted by molar-refractivity contribution is -0.139. The van der Waals surface area contributed by atoms with Crippen molar-refractivity contribution in [3.05, 3.63) is 47.2 Å². The zero-order valence-electron chi connectivity index (χ0n) is 21.7. The number of hydrogen-bond acceptors (Lipinski definition) is 6. The molecule has 0 spiro atoms. The number of carbonyl (C=O) groups excluding carboxylic acids is 2. The number of imidazole rings is 1. The summed E-state index contributed by atoms with van der Waals surface area (Å²) in [6, 6.07) is 0.370. The van der Waals surface area contributed by atoms with Crippen molar-refractivity contribution in [2.45, 2.75) is 75.9 Å². The highest BCUT2D eigenvalue weighted by molar-refractivity contribution is 5.93. The minimum Gasteiger partial charge on any atom is -0.364 e. The molecule has 2 atom stereocenters. The summed E-state index contributed by atoms with van der Waals surface area (Å²) < 4.78 is 98.1. The molecule has 4 rings (SSSR count). The van der Waals surface area contributed by atoms with E-state index in [4.69, 9.17) is 4.52 Å². The average Bonchev–Trinajstić information content (AvgIpc) is 3.55. The molecule has 3 aromatic rings. The summed E-state index contributed by atoms with van der Waals surface area (Å²) in [4.78, 5) is 29.9. The maximum absolute atomic E-state index is 13.9. The van der Waals surface area contributed by atoms with Crippen molar-refractivity contribution in [1.82, 2.24) is 30.4 Å². The van der Waals surface area contributed by atoms with Crippen molar-refractivity contribution in [3.63, 3.8) is 0 Å². The molecule has 41 heavy (non-hydrogen) atoms. The molecule has 0 bridgehead atoms. The predicted octanol–water partition coefficient (Wildman–Crippen LogP) is 4.99. The van der Waals surface area contributed by atoms with Crippen LogP contribution in [0.2, 0.25) is 0 Å². The molecule has 2 N–H and O–H groups in total. The van der Waals surface area contributed by atoms with Gasteiger partial charge in [0.1, 0.15) is 12.8 Å². The molecule has 1 aliphatic rings. The number of aryl methyl sites for hydroxylation is 1. The lowest BCUT2D eigenvalue weighted by Crippen LogP contribution is -2.37. The van der Waals surface area contributed by atoms with Gasteiger partial charge in [-0.25, -0.2) is 27.1 Å². The Bertz CT molecular complexity index is 1360. The van der Waals surface area contributed by atoms with E-state index in [0.717, 1.165) is 6.20 Å². The number of alkyl halides is 7. The highest BCUT2D eigenvalue weighted by Gasteiger charge is 2.40. The molecule has 224 valence electrons. The van der Waals surface area contributed by atoms with Crippen LogP contribution in [0.25, 0.3) is 5.65 Å². The summed E-state index contributed by atoms with van der Waals surface area (Å²) in [5.74, 6) is -6.80. The minimum absolute atomic E-state index is 0.0301. The second-order valence-electron chi connectivity index (χ2n) is 9.96. The summed E-state index contributed by atoms with van der Waals surface area (Å²) in [7, 11) is 0. The predicted molar refractivity (Wildman–Crippen MR) is 128 cm³/mol. The quantitative estimate of drug-likeness (QED) is 0.321. The number of nitrogens with one attached hydrogen (secondary N) is 2. The van der Waals surface area contributed by atoms with Gasteiger partial charge in [-0.3, -0.25) is 9.59 Å². The summed E-state index contributed by atoms with van der Waals surface area (Å²) in [6.07, 6.45) is -5.19. The van der Waals surface area contributed by atoms with Crippen LogP contribution in [0, 0.1) is 5.92 Å². The number of rotatable bonds is 10. The van der Waals surface area contributed by atoms with E-state index < -0.39 is 74.0 Å². The molecule has 9 nitrogen and oxygen atoms in total. The number of hydrogen-bond donors (Lipinski definition) is 2. The monoisotopic (exact) mass is 592 g/mol. The van der Waals surface area contributed by atoms with E-state index in [0.29, 0.717) is 12.0 Å². The summed E-state index contributed by atoms with van der Waals surface area (Å²) >= 11 is 0. The van der Waals surface area contributed by atoms with Crippen molar-refractivity contribution < 1.29 is 44.8 Å². The Hall–Kier alpha value is -3.72. The van der Waals surface area contributed by atoms with Gasteiger partial charge in [0.25, 0.3) is 5.91 Å². The summed E-state index contributed by atoms with van der Waals surface area (Å²) in [5.41, 5.74) is 0.750. The van der Waals surface area contributed by atoms with Crippen LogP contribution in [0.1, 0.15) is 78.3 Å². The SMILES string of the molecule is CCc1conc1C(=O)NC(c1cn2ncc(C(CC(F)F)C(=O)NCC(F)(F)F)cc2n1)C1CCC(F)(F)CC1. The van der Waals surface area contributed by atoms with Crippen molar-refractivity contribution in [2.75, 3.05) is 6.54 Å². The molecule has 2 unspecified atom stereocenters. The third kappa shape index (κ3) is 7.52. The lowest BCUT2D eigenvalue weighted by Gasteiger charge is -2.33. The lowest BCUT2D eigenvalue weighted by atomic mass is 9.81. The van der Waals surface area contributed by atoms with Crippen LogP contribution in [0.3, 0.4) is 0 Å². The Morgan fingerprint density at radius 3 is 2.56 bits per heavy atom. The number of amides is 2. The summed E-state index contributed by atoms with van der Waals surface area (Å²) in [6.45, 7) is 0.0991. The molecule has 1 fully saturated rings. The second kappa shape index (κ2) is 12.0. The van der Waals surface area contributed by atoms with Crippen LogP contribution < -0.4 is 10.6 Å². The van der Waals surface area contributed by atoms with Gasteiger partial charge in [-0.05, 0) is 36.8 Å². The molecule has 0 radical (unpaired) electrons. The van der Waals surface area contributed by atoms with Gasteiger partial charge in [-0.2, -0.15) is 18.3 Å². The zero-order chi connectivity index (χ0) is 29.9. The Balaban J connectivity index is 1.65. The molecule has 0 aliphatic heterocycles. The van der Waals surface area contributed by atoms with E-state index in [1.54, 1.807) is 12.2 Å². The maximum Gasteiger partial charge on any atom is 0.405 e. The molecule has 1 aliphatic carbocycles. The van der Waals surface area contributed by atoms with Gasteiger partial charge >= 0.3 is 6.18 Å². The van der Waals surface area contributed by atoms with Crippen molar-refractivity contribution in [1.29, 1.82) is 0 Å². The minimum atomic E-state index is -4.74. The molecule has 16 heteroatoms. The fourth-order valence-electron chi connectivity index (χ4n) is 4.87. The van der Waals surface area contributed by atoms with Crippen LogP contribution in [-0.4, -0.2) is 56.6 Å². The molecule has 0 saturated heterocycles. The standard InChI is InChI=1S/C25H27F7N6O3/c1-2-13-11-41-37-21(13)23(40)36-20(14-3-5-24(28,29)6-4-14)17-10-38-19(35-17)7-15(9-34-38)16(8-18(26)27)22(39)33-12-25(30,31)32/h7,9-11,14,16,18,20H,2-6,8,12H2,1H3,(H,33,39)(H,36,40). The Kier molecular flexibility index (Phi) is 8.87. The Labute approximate surface area is 228 Å². The number of fused-ring (bicyclic) bond motifs is 1. The normalized spacial score (nSPS) is 17.5. The average molecular weight is 593 g/mol. The van der Waals surface area contributed by atoms with E-state index in [1.165, 1.54) is 23.0 Å². The van der Waals surface area contributed by atoms with Gasteiger partial charge in [0.2, 0.25) is 18.3 Å². The molecule has 3 aromatic heterocycles. The highest BCUT2D eigenvalue weighted by atomic mass is 19.4. The van der Waals surface area contributed by atoms with Gasteiger partial charge in [0.15, 0.2) is 11.3 Å². The van der Waals surface area contributed by atoms with E-state index in [9.17, 15) is 40.3 Å². The fourth-order valence-corrected chi connectivity index (χ4v) is 4.87. The smallest absolute Gasteiger partial charge is 0.364 e. The number of halogens is 7. The first-order chi connectivity index (χ1) is 19.3. The fraction of sp³-hybridized carbons (Fsp3) is 0.560. The van der Waals surface area contributed by atoms with Crippen molar-refractivity contribution in [2.24, 2.45) is 5.92 Å². The largest absolute Gasteiger partial charge is 0.405 e. The van der Waals surface area contributed by atoms with Gasteiger partial charge in [-0.1, -0.05) is 12.1 Å².